The quantitative estimate of drug-likeness (QED) is 0.601. The van der Waals surface area contributed by atoms with Crippen molar-refractivity contribution in [2.75, 3.05) is 0 Å². The Morgan fingerprint density at radius 2 is 1.83 bits per heavy atom. The number of nitro benzene ring substituents is 1. The number of non-ortho nitro benzene ring substituents is 1. The molecule has 3 heteroatoms. The lowest BCUT2D eigenvalue weighted by atomic mass is 9.94. The molecule has 0 spiro atoms. The van der Waals surface area contributed by atoms with Crippen molar-refractivity contribution in [3.8, 4) is 0 Å². The highest BCUT2D eigenvalue weighted by atomic mass is 16.6. The molecule has 2 aromatic carbocycles. The van der Waals surface area contributed by atoms with Gasteiger partial charge in [0, 0.05) is 12.1 Å². The van der Waals surface area contributed by atoms with Gasteiger partial charge < -0.3 is 0 Å². The van der Waals surface area contributed by atoms with Crippen LogP contribution in [0.4, 0.5) is 5.69 Å². The van der Waals surface area contributed by atoms with E-state index in [9.17, 15) is 10.1 Å². The summed E-state index contributed by atoms with van der Waals surface area (Å²) in [5.41, 5.74) is 2.41. The fraction of sp³-hybridized carbons (Fsp3) is 0.200. The van der Waals surface area contributed by atoms with E-state index in [1.54, 1.807) is 12.1 Å². The van der Waals surface area contributed by atoms with Crippen LogP contribution in [0.15, 0.2) is 54.6 Å². The largest absolute Gasteiger partial charge is 0.269 e. The summed E-state index contributed by atoms with van der Waals surface area (Å²) in [6.07, 6.45) is 0.811. The molecule has 0 aromatic heterocycles. The molecule has 0 aliphatic carbocycles. The van der Waals surface area contributed by atoms with Crippen LogP contribution in [-0.2, 0) is 6.42 Å². The number of rotatable bonds is 4. The van der Waals surface area contributed by atoms with Crippen molar-refractivity contribution >= 4 is 5.69 Å². The Hall–Kier alpha value is -2.16. The van der Waals surface area contributed by atoms with Gasteiger partial charge in [0.25, 0.3) is 5.69 Å². The zero-order valence-electron chi connectivity index (χ0n) is 10.2. The smallest absolute Gasteiger partial charge is 0.258 e. The first kappa shape index (κ1) is 12.3. The molecular weight excluding hydrogens is 226 g/mol. The van der Waals surface area contributed by atoms with Gasteiger partial charge >= 0.3 is 0 Å². The van der Waals surface area contributed by atoms with Gasteiger partial charge in [0.05, 0.1) is 4.92 Å². The highest BCUT2D eigenvalue weighted by Crippen LogP contribution is 2.22. The molecule has 0 aliphatic heterocycles. The molecule has 0 heterocycles. The molecule has 18 heavy (non-hydrogen) atoms. The van der Waals surface area contributed by atoms with E-state index in [2.05, 4.69) is 19.1 Å². The Morgan fingerprint density at radius 3 is 2.50 bits per heavy atom. The second-order valence-corrected chi connectivity index (χ2v) is 4.44. The van der Waals surface area contributed by atoms with Crippen molar-refractivity contribution in [2.24, 2.45) is 0 Å². The summed E-state index contributed by atoms with van der Waals surface area (Å²) in [4.78, 5) is 10.4. The zero-order valence-corrected chi connectivity index (χ0v) is 10.2. The number of nitrogens with zero attached hydrogens (tertiary/aromatic N) is 1. The summed E-state index contributed by atoms with van der Waals surface area (Å²) in [7, 11) is 0. The third-order valence-electron chi connectivity index (χ3n) is 3.03. The van der Waals surface area contributed by atoms with Gasteiger partial charge in [-0.2, -0.15) is 0 Å². The van der Waals surface area contributed by atoms with Crippen LogP contribution in [0.2, 0.25) is 0 Å². The van der Waals surface area contributed by atoms with Gasteiger partial charge in [0.2, 0.25) is 0 Å². The Labute approximate surface area is 106 Å². The SMILES string of the molecule is CC(Cc1cccc([N+](=O)[O-])c1)c1ccccc1. The van der Waals surface area contributed by atoms with Crippen LogP contribution in [0.3, 0.4) is 0 Å². The molecule has 1 unspecified atom stereocenters. The molecule has 0 amide bonds. The number of hydrogen-bond acceptors (Lipinski definition) is 2. The van der Waals surface area contributed by atoms with E-state index >= 15 is 0 Å². The summed E-state index contributed by atoms with van der Waals surface area (Å²) >= 11 is 0. The first-order valence-corrected chi connectivity index (χ1v) is 5.95. The van der Waals surface area contributed by atoms with Gasteiger partial charge in [0.15, 0.2) is 0 Å². The van der Waals surface area contributed by atoms with E-state index < -0.39 is 0 Å². The Balaban J connectivity index is 2.14. The fourth-order valence-corrected chi connectivity index (χ4v) is 2.05. The van der Waals surface area contributed by atoms with Crippen LogP contribution in [-0.4, -0.2) is 4.92 Å². The molecule has 0 saturated carbocycles. The molecule has 0 aliphatic rings. The third kappa shape index (κ3) is 2.94. The van der Waals surface area contributed by atoms with Crippen molar-refractivity contribution in [2.45, 2.75) is 19.3 Å². The molecule has 0 N–H and O–H groups in total. The maximum absolute atomic E-state index is 10.7. The van der Waals surface area contributed by atoms with Crippen molar-refractivity contribution in [3.63, 3.8) is 0 Å². The van der Waals surface area contributed by atoms with E-state index in [1.165, 1.54) is 11.6 Å². The molecule has 0 bridgehead atoms. The van der Waals surface area contributed by atoms with E-state index in [4.69, 9.17) is 0 Å². The minimum atomic E-state index is -0.351. The predicted molar refractivity (Wildman–Crippen MR) is 71.7 cm³/mol. The second kappa shape index (κ2) is 5.45. The second-order valence-electron chi connectivity index (χ2n) is 4.44. The normalized spacial score (nSPS) is 12.1. The minimum absolute atomic E-state index is 0.160. The highest BCUT2D eigenvalue weighted by Gasteiger charge is 2.09. The lowest BCUT2D eigenvalue weighted by Crippen LogP contribution is -1.99. The standard InChI is InChI=1S/C15H15NO2/c1-12(14-7-3-2-4-8-14)10-13-6-5-9-15(11-13)16(17)18/h2-9,11-12H,10H2,1H3. The fourth-order valence-electron chi connectivity index (χ4n) is 2.05. The summed E-state index contributed by atoms with van der Waals surface area (Å²) in [5.74, 6) is 0.355. The van der Waals surface area contributed by atoms with E-state index in [-0.39, 0.29) is 10.6 Å². The highest BCUT2D eigenvalue weighted by molar-refractivity contribution is 5.35. The lowest BCUT2D eigenvalue weighted by molar-refractivity contribution is -0.384. The van der Waals surface area contributed by atoms with Crippen LogP contribution in [0.5, 0.6) is 0 Å². The first-order chi connectivity index (χ1) is 8.66. The topological polar surface area (TPSA) is 43.1 Å². The average Bonchev–Trinajstić information content (AvgIpc) is 2.40. The summed E-state index contributed by atoms with van der Waals surface area (Å²) < 4.78 is 0. The number of benzene rings is 2. The van der Waals surface area contributed by atoms with Crippen LogP contribution < -0.4 is 0 Å². The van der Waals surface area contributed by atoms with E-state index in [0.29, 0.717) is 5.92 Å². The predicted octanol–water partition coefficient (Wildman–Crippen LogP) is 3.94. The Bertz CT molecular complexity index is 537. The van der Waals surface area contributed by atoms with Crippen molar-refractivity contribution in [1.29, 1.82) is 0 Å². The third-order valence-corrected chi connectivity index (χ3v) is 3.03. The average molecular weight is 241 g/mol. The molecule has 0 radical (unpaired) electrons. The monoisotopic (exact) mass is 241 g/mol. The van der Waals surface area contributed by atoms with Gasteiger partial charge in [-0.15, -0.1) is 0 Å². The van der Waals surface area contributed by atoms with Gasteiger partial charge in [-0.05, 0) is 23.5 Å². The molecule has 0 saturated heterocycles. The summed E-state index contributed by atoms with van der Waals surface area (Å²) in [6.45, 7) is 2.13. The van der Waals surface area contributed by atoms with Gasteiger partial charge in [-0.3, -0.25) is 10.1 Å². The van der Waals surface area contributed by atoms with Crippen molar-refractivity contribution in [3.05, 3.63) is 75.8 Å². The number of nitro groups is 1. The molecule has 0 fully saturated rings. The van der Waals surface area contributed by atoms with Gasteiger partial charge in [-0.25, -0.2) is 0 Å². The molecule has 2 aromatic rings. The molecule has 1 atom stereocenters. The maximum atomic E-state index is 10.7. The zero-order chi connectivity index (χ0) is 13.0. The van der Waals surface area contributed by atoms with Crippen LogP contribution in [0, 0.1) is 10.1 Å². The molecule has 3 nitrogen and oxygen atoms in total. The number of hydrogen-bond donors (Lipinski definition) is 0. The summed E-state index contributed by atoms with van der Waals surface area (Å²) in [6, 6.07) is 17.0. The van der Waals surface area contributed by atoms with E-state index in [1.807, 2.05) is 24.3 Å². The van der Waals surface area contributed by atoms with Crippen LogP contribution in [0.1, 0.15) is 24.0 Å². The van der Waals surface area contributed by atoms with Crippen molar-refractivity contribution in [1.82, 2.24) is 0 Å². The summed E-state index contributed by atoms with van der Waals surface area (Å²) in [5, 5.41) is 10.7. The molecule has 92 valence electrons. The van der Waals surface area contributed by atoms with Gasteiger partial charge in [0.1, 0.15) is 0 Å². The lowest BCUT2D eigenvalue weighted by Gasteiger charge is -2.11. The molecule has 2 rings (SSSR count). The van der Waals surface area contributed by atoms with Crippen molar-refractivity contribution < 1.29 is 4.92 Å². The Kier molecular flexibility index (Phi) is 3.72. The Morgan fingerprint density at radius 1 is 1.11 bits per heavy atom. The van der Waals surface area contributed by atoms with Crippen LogP contribution >= 0.6 is 0 Å². The minimum Gasteiger partial charge on any atom is -0.258 e. The van der Waals surface area contributed by atoms with E-state index in [0.717, 1.165) is 12.0 Å². The van der Waals surface area contributed by atoms with Crippen LogP contribution in [0.25, 0.3) is 0 Å². The maximum Gasteiger partial charge on any atom is 0.269 e. The van der Waals surface area contributed by atoms with Gasteiger partial charge in [-0.1, -0.05) is 49.4 Å². The first-order valence-electron chi connectivity index (χ1n) is 5.95. The molecular formula is C15H15NO2.